The summed E-state index contributed by atoms with van der Waals surface area (Å²) in [5.41, 5.74) is 4.06. The smallest absolute Gasteiger partial charge is 0.410 e. The standard InChI is InChI=1S/C26H32N2O5/c1-26(2,3)33-25(31)28-13-12-17(14-18(29)15-28)27-24(30)32-16-23-21-10-6-4-8-19(21)20-9-5-7-11-22(20)23/h4-11,17-18,23,29H,12-16H2,1-3H3,(H,27,30)/t17-,18-/m0/s1. The summed E-state index contributed by atoms with van der Waals surface area (Å²) in [6, 6.07) is 16.1. The van der Waals surface area contributed by atoms with Crippen molar-refractivity contribution < 1.29 is 24.2 Å². The number of carbonyl (C=O) groups is 2. The Labute approximate surface area is 194 Å². The molecule has 2 amide bonds. The van der Waals surface area contributed by atoms with Crippen LogP contribution in [0.1, 0.15) is 50.7 Å². The number of aliphatic hydroxyl groups is 1. The Morgan fingerprint density at radius 1 is 1.06 bits per heavy atom. The van der Waals surface area contributed by atoms with Crippen molar-refractivity contribution >= 4 is 12.2 Å². The van der Waals surface area contributed by atoms with Gasteiger partial charge in [-0.05, 0) is 55.9 Å². The van der Waals surface area contributed by atoms with Crippen molar-refractivity contribution in [1.29, 1.82) is 0 Å². The van der Waals surface area contributed by atoms with Gasteiger partial charge in [-0.3, -0.25) is 0 Å². The van der Waals surface area contributed by atoms with Crippen LogP contribution in [0, 0.1) is 0 Å². The van der Waals surface area contributed by atoms with Crippen molar-refractivity contribution in [2.75, 3.05) is 19.7 Å². The molecule has 1 heterocycles. The molecule has 1 fully saturated rings. The van der Waals surface area contributed by atoms with Gasteiger partial charge in [0, 0.05) is 25.0 Å². The maximum atomic E-state index is 12.6. The number of aliphatic hydroxyl groups excluding tert-OH is 1. The molecule has 2 N–H and O–H groups in total. The van der Waals surface area contributed by atoms with Gasteiger partial charge in [0.25, 0.3) is 0 Å². The van der Waals surface area contributed by atoms with E-state index in [4.69, 9.17) is 9.47 Å². The van der Waals surface area contributed by atoms with Crippen molar-refractivity contribution in [3.8, 4) is 11.1 Å². The van der Waals surface area contributed by atoms with E-state index < -0.39 is 23.9 Å². The highest BCUT2D eigenvalue weighted by atomic mass is 16.6. The molecule has 2 atom stereocenters. The number of nitrogens with zero attached hydrogens (tertiary/aromatic N) is 1. The summed E-state index contributed by atoms with van der Waals surface area (Å²) in [5.74, 6) is -0.00876. The van der Waals surface area contributed by atoms with Gasteiger partial charge in [0.15, 0.2) is 0 Å². The number of nitrogens with one attached hydrogen (secondary N) is 1. The lowest BCUT2D eigenvalue weighted by Crippen LogP contribution is -2.40. The topological polar surface area (TPSA) is 88.1 Å². The van der Waals surface area contributed by atoms with Crippen LogP contribution in [0.4, 0.5) is 9.59 Å². The molecule has 0 spiro atoms. The third kappa shape index (κ3) is 5.47. The average Bonchev–Trinajstić information content (AvgIpc) is 2.95. The van der Waals surface area contributed by atoms with E-state index in [1.165, 1.54) is 16.0 Å². The summed E-state index contributed by atoms with van der Waals surface area (Å²) < 4.78 is 11.0. The molecule has 0 saturated carbocycles. The van der Waals surface area contributed by atoms with Crippen molar-refractivity contribution in [3.05, 3.63) is 59.7 Å². The predicted octanol–water partition coefficient (Wildman–Crippen LogP) is 4.29. The van der Waals surface area contributed by atoms with Gasteiger partial charge in [-0.2, -0.15) is 0 Å². The molecule has 0 aromatic heterocycles. The third-order valence-electron chi connectivity index (χ3n) is 6.05. The molecule has 2 aliphatic rings. The summed E-state index contributed by atoms with van der Waals surface area (Å²) in [7, 11) is 0. The maximum Gasteiger partial charge on any atom is 0.410 e. The molecule has 1 saturated heterocycles. The minimum atomic E-state index is -0.751. The van der Waals surface area contributed by atoms with Crippen molar-refractivity contribution in [1.82, 2.24) is 10.2 Å². The Balaban J connectivity index is 1.34. The number of rotatable bonds is 3. The van der Waals surface area contributed by atoms with E-state index in [1.807, 2.05) is 24.3 Å². The number of carbonyl (C=O) groups excluding carboxylic acids is 2. The summed E-state index contributed by atoms with van der Waals surface area (Å²) >= 11 is 0. The van der Waals surface area contributed by atoms with Crippen LogP contribution >= 0.6 is 0 Å². The molecule has 7 heteroatoms. The number of fused-ring (bicyclic) bond motifs is 3. The lowest BCUT2D eigenvalue weighted by molar-refractivity contribution is 0.0173. The lowest BCUT2D eigenvalue weighted by atomic mass is 9.98. The Hall–Kier alpha value is -3.06. The molecule has 0 unspecified atom stereocenters. The fourth-order valence-electron chi connectivity index (χ4n) is 4.61. The highest BCUT2D eigenvalue weighted by Gasteiger charge is 2.31. The molecule has 1 aliphatic heterocycles. The molecule has 7 nitrogen and oxygen atoms in total. The SMILES string of the molecule is CC(C)(C)OC(=O)N1CC[C@H](NC(=O)OCC2c3ccccc3-c3ccccc32)C[C@H](O)C1. The molecule has 2 aromatic rings. The lowest BCUT2D eigenvalue weighted by Gasteiger charge is -2.27. The van der Waals surface area contributed by atoms with E-state index in [1.54, 1.807) is 20.8 Å². The Morgan fingerprint density at radius 2 is 1.67 bits per heavy atom. The molecule has 0 bridgehead atoms. The monoisotopic (exact) mass is 452 g/mol. The quantitative estimate of drug-likeness (QED) is 0.726. The van der Waals surface area contributed by atoms with E-state index in [2.05, 4.69) is 29.6 Å². The Kier molecular flexibility index (Phi) is 6.61. The van der Waals surface area contributed by atoms with E-state index in [0.29, 0.717) is 19.4 Å². The molecule has 33 heavy (non-hydrogen) atoms. The van der Waals surface area contributed by atoms with Gasteiger partial charge in [-0.25, -0.2) is 9.59 Å². The number of hydrogen-bond acceptors (Lipinski definition) is 5. The van der Waals surface area contributed by atoms with E-state index in [-0.39, 0.29) is 25.1 Å². The van der Waals surface area contributed by atoms with E-state index >= 15 is 0 Å². The molecule has 1 aliphatic carbocycles. The van der Waals surface area contributed by atoms with Gasteiger partial charge >= 0.3 is 12.2 Å². The van der Waals surface area contributed by atoms with Crippen LogP contribution in [0.3, 0.4) is 0 Å². The first-order chi connectivity index (χ1) is 15.7. The van der Waals surface area contributed by atoms with E-state index in [0.717, 1.165) is 11.1 Å². The van der Waals surface area contributed by atoms with Crippen LogP contribution < -0.4 is 5.32 Å². The second-order valence-corrected chi connectivity index (χ2v) is 9.77. The minimum absolute atomic E-state index is 0.00876. The number of β-amino-alcohol motifs (C(OH)–C–C–N with tert-alkyl or cyclic N) is 1. The third-order valence-corrected chi connectivity index (χ3v) is 6.05. The number of hydrogen-bond donors (Lipinski definition) is 2. The highest BCUT2D eigenvalue weighted by Crippen LogP contribution is 2.44. The Bertz CT molecular complexity index is 970. The van der Waals surface area contributed by atoms with Crippen LogP contribution in [0.2, 0.25) is 0 Å². The van der Waals surface area contributed by atoms with Gasteiger partial charge in [0.2, 0.25) is 0 Å². The fraction of sp³-hybridized carbons (Fsp3) is 0.462. The molecule has 4 rings (SSSR count). The van der Waals surface area contributed by atoms with Gasteiger partial charge in [-0.15, -0.1) is 0 Å². The first kappa shape index (κ1) is 23.1. The van der Waals surface area contributed by atoms with E-state index in [9.17, 15) is 14.7 Å². The number of amides is 2. The van der Waals surface area contributed by atoms with Crippen molar-refractivity contribution in [2.24, 2.45) is 0 Å². The van der Waals surface area contributed by atoms with Gasteiger partial charge in [0.05, 0.1) is 6.10 Å². The zero-order valence-corrected chi connectivity index (χ0v) is 19.4. The summed E-state index contributed by atoms with van der Waals surface area (Å²) in [6.45, 7) is 6.22. The fourth-order valence-corrected chi connectivity index (χ4v) is 4.61. The van der Waals surface area contributed by atoms with Crippen LogP contribution in [0.5, 0.6) is 0 Å². The summed E-state index contributed by atoms with van der Waals surface area (Å²) in [6.07, 6.45) is -0.855. The second-order valence-electron chi connectivity index (χ2n) is 9.77. The summed E-state index contributed by atoms with van der Waals surface area (Å²) in [4.78, 5) is 26.5. The zero-order valence-electron chi connectivity index (χ0n) is 19.4. The number of likely N-dealkylation sites (tertiary alicyclic amines) is 1. The van der Waals surface area contributed by atoms with Gasteiger partial charge in [0.1, 0.15) is 12.2 Å². The second kappa shape index (κ2) is 9.43. The Morgan fingerprint density at radius 3 is 2.27 bits per heavy atom. The minimum Gasteiger partial charge on any atom is -0.449 e. The van der Waals surface area contributed by atoms with Crippen LogP contribution in [0.15, 0.2) is 48.5 Å². The average molecular weight is 453 g/mol. The van der Waals surface area contributed by atoms with Gasteiger partial charge in [-0.1, -0.05) is 48.5 Å². The van der Waals surface area contributed by atoms with Crippen molar-refractivity contribution in [3.63, 3.8) is 0 Å². The predicted molar refractivity (Wildman–Crippen MR) is 125 cm³/mol. The van der Waals surface area contributed by atoms with Gasteiger partial charge < -0.3 is 24.8 Å². The number of ether oxygens (including phenoxy) is 2. The first-order valence-corrected chi connectivity index (χ1v) is 11.5. The van der Waals surface area contributed by atoms with Crippen LogP contribution in [-0.4, -0.2) is 59.6 Å². The van der Waals surface area contributed by atoms with Crippen molar-refractivity contribution in [2.45, 2.75) is 57.3 Å². The first-order valence-electron chi connectivity index (χ1n) is 11.5. The van der Waals surface area contributed by atoms with Crippen LogP contribution in [-0.2, 0) is 9.47 Å². The normalized spacial score (nSPS) is 20.4. The molecule has 2 aromatic carbocycles. The largest absolute Gasteiger partial charge is 0.449 e. The maximum absolute atomic E-state index is 12.6. The molecule has 176 valence electrons. The number of alkyl carbamates (subject to hydrolysis) is 1. The van der Waals surface area contributed by atoms with Crippen LogP contribution in [0.25, 0.3) is 11.1 Å². The highest BCUT2D eigenvalue weighted by molar-refractivity contribution is 5.79. The molecular weight excluding hydrogens is 420 g/mol. The zero-order chi connectivity index (χ0) is 23.6. The molecule has 0 radical (unpaired) electrons. The molecular formula is C26H32N2O5. The summed E-state index contributed by atoms with van der Waals surface area (Å²) in [5, 5.41) is 13.2. The number of benzene rings is 2.